The normalized spacial score (nSPS) is 11.4. The van der Waals surface area contributed by atoms with Gasteiger partial charge in [-0.2, -0.15) is 13.2 Å². The van der Waals surface area contributed by atoms with Crippen molar-refractivity contribution in [2.45, 2.75) is 32.9 Å². The van der Waals surface area contributed by atoms with Crippen LogP contribution < -0.4 is 4.90 Å². The molecule has 2 nitrogen and oxygen atoms in total. The highest BCUT2D eigenvalue weighted by molar-refractivity contribution is 5.94. The van der Waals surface area contributed by atoms with Crippen LogP contribution in [0.5, 0.6) is 0 Å². The number of alkyl halides is 3. The summed E-state index contributed by atoms with van der Waals surface area (Å²) in [7, 11) is 0. The molecule has 0 spiro atoms. The van der Waals surface area contributed by atoms with E-state index >= 15 is 0 Å². The number of benzene rings is 3. The average molecular weight is 429 g/mol. The third-order valence-corrected chi connectivity index (χ3v) is 5.29. The summed E-state index contributed by atoms with van der Waals surface area (Å²) in [5.41, 5.74) is 2.72. The zero-order chi connectivity index (χ0) is 22.6. The Labute approximate surface area is 179 Å². The van der Waals surface area contributed by atoms with Gasteiger partial charge in [0.05, 0.1) is 12.0 Å². The van der Waals surface area contributed by atoms with Gasteiger partial charge in [-0.25, -0.2) is 4.39 Å². The van der Waals surface area contributed by atoms with Crippen LogP contribution in [-0.2, 0) is 23.8 Å². The maximum absolute atomic E-state index is 14.3. The molecule has 0 aliphatic rings. The number of anilines is 1. The molecule has 0 radical (unpaired) electrons. The van der Waals surface area contributed by atoms with Gasteiger partial charge in [-0.3, -0.25) is 4.79 Å². The molecular weight excluding hydrogens is 406 g/mol. The highest BCUT2D eigenvalue weighted by Gasteiger charge is 2.31. The van der Waals surface area contributed by atoms with Gasteiger partial charge in [0.15, 0.2) is 0 Å². The van der Waals surface area contributed by atoms with Crippen LogP contribution in [0.15, 0.2) is 66.7 Å². The molecule has 0 aromatic heterocycles. The molecule has 0 bridgehead atoms. The van der Waals surface area contributed by atoms with E-state index in [2.05, 4.69) is 0 Å². The predicted octanol–water partition coefficient (Wildman–Crippen LogP) is 6.28. The Morgan fingerprint density at radius 1 is 0.903 bits per heavy atom. The Morgan fingerprint density at radius 3 is 2.23 bits per heavy atom. The van der Waals surface area contributed by atoms with Crippen molar-refractivity contribution in [3.05, 3.63) is 100 Å². The van der Waals surface area contributed by atoms with Crippen LogP contribution in [0.2, 0.25) is 0 Å². The summed E-state index contributed by atoms with van der Waals surface area (Å²) in [6, 6.07) is 17.4. The molecule has 1 amide bonds. The first kappa shape index (κ1) is 22.5. The fourth-order valence-corrected chi connectivity index (χ4v) is 3.32. The summed E-state index contributed by atoms with van der Waals surface area (Å²) in [5.74, 6) is -1.09. The second kappa shape index (κ2) is 9.33. The SMILES string of the molecule is Cc1ccc(N(CCc2ccc(C(F)(F)F)cc2F)C(=O)Cc2ccccc2)cc1C. The first-order valence-corrected chi connectivity index (χ1v) is 9.92. The monoisotopic (exact) mass is 429 g/mol. The molecule has 0 saturated heterocycles. The van der Waals surface area contributed by atoms with Crippen LogP contribution in [-0.4, -0.2) is 12.5 Å². The molecule has 0 aliphatic heterocycles. The minimum Gasteiger partial charge on any atom is -0.312 e. The van der Waals surface area contributed by atoms with Crippen molar-refractivity contribution in [1.29, 1.82) is 0 Å². The van der Waals surface area contributed by atoms with Crippen LogP contribution in [0.25, 0.3) is 0 Å². The number of nitrogens with zero attached hydrogens (tertiary/aromatic N) is 1. The number of rotatable bonds is 6. The van der Waals surface area contributed by atoms with Gasteiger partial charge in [0.1, 0.15) is 5.82 Å². The minimum absolute atomic E-state index is 0.0947. The Bertz CT molecular complexity index is 1060. The van der Waals surface area contributed by atoms with E-state index in [0.717, 1.165) is 28.8 Å². The lowest BCUT2D eigenvalue weighted by Crippen LogP contribution is -2.34. The lowest BCUT2D eigenvalue weighted by Gasteiger charge is -2.24. The van der Waals surface area contributed by atoms with Crippen molar-refractivity contribution < 1.29 is 22.4 Å². The zero-order valence-corrected chi connectivity index (χ0v) is 17.3. The first-order valence-electron chi connectivity index (χ1n) is 9.92. The van der Waals surface area contributed by atoms with E-state index in [1.165, 1.54) is 0 Å². The number of halogens is 4. The predicted molar refractivity (Wildman–Crippen MR) is 114 cm³/mol. The molecule has 0 aliphatic carbocycles. The second-order valence-corrected chi connectivity index (χ2v) is 7.53. The molecule has 3 aromatic carbocycles. The lowest BCUT2D eigenvalue weighted by atomic mass is 10.1. The highest BCUT2D eigenvalue weighted by Crippen LogP contribution is 2.30. The highest BCUT2D eigenvalue weighted by atomic mass is 19.4. The number of carbonyl (C=O) groups excluding carboxylic acids is 1. The topological polar surface area (TPSA) is 20.3 Å². The van der Waals surface area contributed by atoms with Crippen molar-refractivity contribution in [1.82, 2.24) is 0 Å². The van der Waals surface area contributed by atoms with Crippen molar-refractivity contribution in [2.75, 3.05) is 11.4 Å². The second-order valence-electron chi connectivity index (χ2n) is 7.53. The van der Waals surface area contributed by atoms with Gasteiger partial charge >= 0.3 is 6.18 Å². The lowest BCUT2D eigenvalue weighted by molar-refractivity contribution is -0.137. The van der Waals surface area contributed by atoms with E-state index in [9.17, 15) is 22.4 Å². The quantitative estimate of drug-likeness (QED) is 0.422. The minimum atomic E-state index is -4.60. The molecule has 31 heavy (non-hydrogen) atoms. The summed E-state index contributed by atoms with van der Waals surface area (Å²) < 4.78 is 52.7. The summed E-state index contributed by atoms with van der Waals surface area (Å²) >= 11 is 0. The molecule has 0 heterocycles. The van der Waals surface area contributed by atoms with Gasteiger partial charge in [-0.1, -0.05) is 42.5 Å². The maximum Gasteiger partial charge on any atom is 0.416 e. The van der Waals surface area contributed by atoms with E-state index in [-0.39, 0.29) is 30.9 Å². The Morgan fingerprint density at radius 2 is 1.61 bits per heavy atom. The van der Waals surface area contributed by atoms with Crippen molar-refractivity contribution in [2.24, 2.45) is 0 Å². The van der Waals surface area contributed by atoms with Crippen LogP contribution in [0.1, 0.15) is 27.8 Å². The molecule has 3 aromatic rings. The van der Waals surface area contributed by atoms with E-state index < -0.39 is 17.6 Å². The van der Waals surface area contributed by atoms with Crippen LogP contribution >= 0.6 is 0 Å². The Balaban J connectivity index is 1.84. The summed E-state index contributed by atoms with van der Waals surface area (Å²) in [4.78, 5) is 14.7. The average Bonchev–Trinajstić information content (AvgIpc) is 2.71. The Kier molecular flexibility index (Phi) is 6.78. The summed E-state index contributed by atoms with van der Waals surface area (Å²) in [6.07, 6.45) is -4.34. The molecule has 0 atom stereocenters. The molecule has 162 valence electrons. The van der Waals surface area contributed by atoms with Gasteiger partial charge in [0.2, 0.25) is 5.91 Å². The smallest absolute Gasteiger partial charge is 0.312 e. The fraction of sp³-hybridized carbons (Fsp3) is 0.240. The van der Waals surface area contributed by atoms with E-state index in [0.29, 0.717) is 11.8 Å². The fourth-order valence-electron chi connectivity index (χ4n) is 3.32. The Hall–Kier alpha value is -3.15. The van der Waals surface area contributed by atoms with Gasteiger partial charge in [0.25, 0.3) is 0 Å². The third kappa shape index (κ3) is 5.72. The van der Waals surface area contributed by atoms with Crippen molar-refractivity contribution >= 4 is 11.6 Å². The van der Waals surface area contributed by atoms with Crippen LogP contribution in [0, 0.1) is 19.7 Å². The number of hydrogen-bond donors (Lipinski definition) is 0. The standard InChI is InChI=1S/C25H23F4NO/c1-17-8-11-22(14-18(17)2)30(24(31)15-19-6-4-3-5-7-19)13-12-20-9-10-21(16-23(20)26)25(27,28)29/h3-11,14,16H,12-13,15H2,1-2H3. The van der Waals surface area contributed by atoms with Gasteiger partial charge < -0.3 is 4.90 Å². The van der Waals surface area contributed by atoms with Gasteiger partial charge in [-0.05, 0) is 66.8 Å². The molecule has 6 heteroatoms. The van der Waals surface area contributed by atoms with E-state index in [1.807, 2.05) is 62.4 Å². The zero-order valence-electron chi connectivity index (χ0n) is 17.3. The van der Waals surface area contributed by atoms with E-state index in [4.69, 9.17) is 0 Å². The largest absolute Gasteiger partial charge is 0.416 e. The first-order chi connectivity index (χ1) is 14.6. The number of amides is 1. The van der Waals surface area contributed by atoms with Crippen molar-refractivity contribution in [3.63, 3.8) is 0 Å². The third-order valence-electron chi connectivity index (χ3n) is 5.29. The molecule has 0 fully saturated rings. The number of aryl methyl sites for hydroxylation is 2. The maximum atomic E-state index is 14.3. The molecular formula is C25H23F4NO. The van der Waals surface area contributed by atoms with Crippen LogP contribution in [0.3, 0.4) is 0 Å². The number of hydrogen-bond acceptors (Lipinski definition) is 1. The molecule has 0 N–H and O–H groups in total. The molecule has 3 rings (SSSR count). The summed E-state index contributed by atoms with van der Waals surface area (Å²) in [5, 5.41) is 0. The van der Waals surface area contributed by atoms with Crippen LogP contribution in [0.4, 0.5) is 23.2 Å². The van der Waals surface area contributed by atoms with Gasteiger partial charge in [0, 0.05) is 12.2 Å². The molecule has 0 unspecified atom stereocenters. The van der Waals surface area contributed by atoms with E-state index in [1.54, 1.807) is 4.90 Å². The number of carbonyl (C=O) groups is 1. The summed E-state index contributed by atoms with van der Waals surface area (Å²) in [6.45, 7) is 4.05. The van der Waals surface area contributed by atoms with Gasteiger partial charge in [-0.15, -0.1) is 0 Å². The molecule has 0 saturated carbocycles. The van der Waals surface area contributed by atoms with Crippen molar-refractivity contribution in [3.8, 4) is 0 Å².